The third-order valence-electron chi connectivity index (χ3n) is 1.71. The van der Waals surface area contributed by atoms with Gasteiger partial charge in [0.05, 0.1) is 19.1 Å². The van der Waals surface area contributed by atoms with E-state index >= 15 is 0 Å². The second-order valence-corrected chi connectivity index (χ2v) is 2.59. The Balaban J connectivity index is 2.35. The molecular weight excluding hydrogens is 130 g/mol. The number of Topliss-reactive ketones (excluding diaryl/α,β-unsaturated/α-hetero) is 1. The Kier molecular flexibility index (Phi) is 2.83. The zero-order chi connectivity index (χ0) is 7.40. The first-order chi connectivity index (χ1) is 4.80. The Morgan fingerprint density at radius 3 is 3.20 bits per heavy atom. The van der Waals surface area contributed by atoms with Crippen molar-refractivity contribution in [3.8, 4) is 0 Å². The first kappa shape index (κ1) is 7.69. The van der Waals surface area contributed by atoms with Crippen LogP contribution < -0.4 is 5.32 Å². The standard InChI is InChI=1S/C7H13NO2/c1-6(9)7-4-8-2-3-10-5-7/h7-8H,2-5H2,1H3. The van der Waals surface area contributed by atoms with E-state index in [-0.39, 0.29) is 11.7 Å². The summed E-state index contributed by atoms with van der Waals surface area (Å²) in [6, 6.07) is 0. The summed E-state index contributed by atoms with van der Waals surface area (Å²) in [6.07, 6.45) is 0. The van der Waals surface area contributed by atoms with Crippen LogP contribution >= 0.6 is 0 Å². The molecule has 0 spiro atoms. The number of nitrogens with one attached hydrogen (secondary N) is 1. The van der Waals surface area contributed by atoms with Gasteiger partial charge in [-0.25, -0.2) is 0 Å². The van der Waals surface area contributed by atoms with Crippen LogP contribution in [0.5, 0.6) is 0 Å². The molecule has 1 aliphatic rings. The number of carbonyl (C=O) groups excluding carboxylic acids is 1. The summed E-state index contributed by atoms with van der Waals surface area (Å²) in [6.45, 7) is 4.56. The Hall–Kier alpha value is -0.410. The Morgan fingerprint density at radius 1 is 1.70 bits per heavy atom. The maximum Gasteiger partial charge on any atom is 0.136 e. The zero-order valence-corrected chi connectivity index (χ0v) is 6.22. The van der Waals surface area contributed by atoms with E-state index < -0.39 is 0 Å². The van der Waals surface area contributed by atoms with Gasteiger partial charge in [0.25, 0.3) is 0 Å². The van der Waals surface area contributed by atoms with Gasteiger partial charge in [-0.15, -0.1) is 0 Å². The van der Waals surface area contributed by atoms with Crippen molar-refractivity contribution in [3.05, 3.63) is 0 Å². The highest BCUT2D eigenvalue weighted by Crippen LogP contribution is 1.99. The van der Waals surface area contributed by atoms with Crippen molar-refractivity contribution in [2.24, 2.45) is 5.92 Å². The van der Waals surface area contributed by atoms with E-state index in [9.17, 15) is 4.79 Å². The predicted octanol–water partition coefficient (Wildman–Crippen LogP) is -0.189. The summed E-state index contributed by atoms with van der Waals surface area (Å²) in [5, 5.41) is 3.13. The average Bonchev–Trinajstić information content (AvgIpc) is 2.12. The lowest BCUT2D eigenvalue weighted by atomic mass is 10.1. The van der Waals surface area contributed by atoms with Gasteiger partial charge in [0, 0.05) is 13.1 Å². The molecule has 0 saturated carbocycles. The SMILES string of the molecule is CC(=O)C1CNCCOC1. The Morgan fingerprint density at radius 2 is 2.50 bits per heavy atom. The second-order valence-electron chi connectivity index (χ2n) is 2.59. The van der Waals surface area contributed by atoms with Crippen LogP contribution in [0.2, 0.25) is 0 Å². The van der Waals surface area contributed by atoms with E-state index in [0.29, 0.717) is 6.61 Å². The summed E-state index contributed by atoms with van der Waals surface area (Å²) in [5.74, 6) is 0.289. The van der Waals surface area contributed by atoms with Crippen LogP contribution in [0.4, 0.5) is 0 Å². The summed E-state index contributed by atoms with van der Waals surface area (Å²) in [7, 11) is 0. The minimum absolute atomic E-state index is 0.0718. The number of hydrogen-bond donors (Lipinski definition) is 1. The van der Waals surface area contributed by atoms with Gasteiger partial charge in [-0.2, -0.15) is 0 Å². The minimum Gasteiger partial charge on any atom is -0.379 e. The summed E-state index contributed by atoms with van der Waals surface area (Å²) in [5.41, 5.74) is 0. The minimum atomic E-state index is 0.0718. The number of rotatable bonds is 1. The topological polar surface area (TPSA) is 38.3 Å². The lowest BCUT2D eigenvalue weighted by Gasteiger charge is -2.07. The molecule has 1 aliphatic heterocycles. The van der Waals surface area contributed by atoms with Gasteiger partial charge in [0.1, 0.15) is 5.78 Å². The van der Waals surface area contributed by atoms with Crippen LogP contribution in [0, 0.1) is 5.92 Å². The van der Waals surface area contributed by atoms with Gasteiger partial charge in [-0.3, -0.25) is 4.79 Å². The number of carbonyl (C=O) groups is 1. The maximum absolute atomic E-state index is 10.8. The molecule has 1 N–H and O–H groups in total. The maximum atomic E-state index is 10.8. The molecule has 1 saturated heterocycles. The molecule has 0 bridgehead atoms. The normalized spacial score (nSPS) is 27.5. The molecule has 0 aromatic carbocycles. The van der Waals surface area contributed by atoms with E-state index in [2.05, 4.69) is 5.32 Å². The molecule has 58 valence electrons. The molecule has 1 heterocycles. The molecule has 0 radical (unpaired) electrons. The highest BCUT2D eigenvalue weighted by atomic mass is 16.5. The molecular formula is C7H13NO2. The average molecular weight is 143 g/mol. The lowest BCUT2D eigenvalue weighted by Crippen LogP contribution is -2.27. The van der Waals surface area contributed by atoms with Crippen molar-refractivity contribution in [2.45, 2.75) is 6.92 Å². The molecule has 10 heavy (non-hydrogen) atoms. The van der Waals surface area contributed by atoms with Crippen molar-refractivity contribution in [3.63, 3.8) is 0 Å². The first-order valence-corrected chi connectivity index (χ1v) is 3.59. The first-order valence-electron chi connectivity index (χ1n) is 3.59. The van der Waals surface area contributed by atoms with Gasteiger partial charge >= 0.3 is 0 Å². The van der Waals surface area contributed by atoms with Crippen LogP contribution in [0.15, 0.2) is 0 Å². The van der Waals surface area contributed by atoms with Gasteiger partial charge in [0.2, 0.25) is 0 Å². The van der Waals surface area contributed by atoms with E-state index in [1.165, 1.54) is 0 Å². The largest absolute Gasteiger partial charge is 0.379 e. The van der Waals surface area contributed by atoms with Gasteiger partial charge < -0.3 is 10.1 Å². The summed E-state index contributed by atoms with van der Waals surface area (Å²) < 4.78 is 5.19. The molecule has 3 nitrogen and oxygen atoms in total. The monoisotopic (exact) mass is 143 g/mol. The lowest BCUT2D eigenvalue weighted by molar-refractivity contribution is -0.121. The molecule has 0 amide bonds. The van der Waals surface area contributed by atoms with E-state index in [1.54, 1.807) is 6.92 Å². The van der Waals surface area contributed by atoms with Crippen LogP contribution in [0.1, 0.15) is 6.92 Å². The second kappa shape index (κ2) is 3.68. The van der Waals surface area contributed by atoms with Crippen molar-refractivity contribution in [1.29, 1.82) is 0 Å². The van der Waals surface area contributed by atoms with Gasteiger partial charge in [0.15, 0.2) is 0 Å². The fourth-order valence-corrected chi connectivity index (χ4v) is 0.966. The molecule has 1 rings (SSSR count). The number of hydrogen-bond acceptors (Lipinski definition) is 3. The molecule has 3 heteroatoms. The summed E-state index contributed by atoms with van der Waals surface area (Å²) >= 11 is 0. The highest BCUT2D eigenvalue weighted by Gasteiger charge is 2.15. The third kappa shape index (κ3) is 2.08. The Labute approximate surface area is 60.7 Å². The van der Waals surface area contributed by atoms with Crippen molar-refractivity contribution in [2.75, 3.05) is 26.3 Å². The smallest absolute Gasteiger partial charge is 0.136 e. The van der Waals surface area contributed by atoms with Crippen LogP contribution in [-0.2, 0) is 9.53 Å². The number of ketones is 1. The zero-order valence-electron chi connectivity index (χ0n) is 6.22. The van der Waals surface area contributed by atoms with Crippen LogP contribution in [0.25, 0.3) is 0 Å². The van der Waals surface area contributed by atoms with E-state index in [0.717, 1.165) is 19.7 Å². The van der Waals surface area contributed by atoms with Crippen molar-refractivity contribution >= 4 is 5.78 Å². The van der Waals surface area contributed by atoms with Crippen LogP contribution in [-0.4, -0.2) is 32.1 Å². The van der Waals surface area contributed by atoms with Crippen molar-refractivity contribution < 1.29 is 9.53 Å². The number of ether oxygens (including phenoxy) is 1. The van der Waals surface area contributed by atoms with E-state index in [1.807, 2.05) is 0 Å². The van der Waals surface area contributed by atoms with E-state index in [4.69, 9.17) is 4.74 Å². The fraction of sp³-hybridized carbons (Fsp3) is 0.857. The molecule has 0 aliphatic carbocycles. The van der Waals surface area contributed by atoms with Crippen molar-refractivity contribution in [1.82, 2.24) is 5.32 Å². The fourth-order valence-electron chi connectivity index (χ4n) is 0.966. The van der Waals surface area contributed by atoms with Gasteiger partial charge in [-0.1, -0.05) is 0 Å². The quantitative estimate of drug-likeness (QED) is 0.553. The summed E-state index contributed by atoms with van der Waals surface area (Å²) in [4.78, 5) is 10.8. The predicted molar refractivity (Wildman–Crippen MR) is 37.9 cm³/mol. The third-order valence-corrected chi connectivity index (χ3v) is 1.71. The highest BCUT2D eigenvalue weighted by molar-refractivity contribution is 5.78. The molecule has 1 atom stereocenters. The van der Waals surface area contributed by atoms with Gasteiger partial charge in [-0.05, 0) is 6.92 Å². The molecule has 0 aromatic heterocycles. The van der Waals surface area contributed by atoms with Crippen LogP contribution in [0.3, 0.4) is 0 Å². The molecule has 1 fully saturated rings. The molecule has 1 unspecified atom stereocenters. The molecule has 0 aromatic rings. The Bertz CT molecular complexity index is 117.